The highest BCUT2D eigenvalue weighted by molar-refractivity contribution is 5.94. The van der Waals surface area contributed by atoms with E-state index in [2.05, 4.69) is 10.2 Å². The van der Waals surface area contributed by atoms with Crippen LogP contribution in [0.2, 0.25) is 0 Å². The Labute approximate surface area is 117 Å². The summed E-state index contributed by atoms with van der Waals surface area (Å²) in [7, 11) is 1.99. The van der Waals surface area contributed by atoms with Crippen LogP contribution < -0.4 is 5.32 Å². The standard InChI is InChI=1S/C14H19FN2O3/c1-9(13-8-17(2)5-6-20-13)16-14(19)11-4-3-10(18)7-12(11)15/h3-4,7,9,13,18H,5-6,8H2,1-2H3,(H,16,19). The second-order valence-corrected chi connectivity index (χ2v) is 5.10. The van der Waals surface area contributed by atoms with Crippen molar-refractivity contribution in [2.75, 3.05) is 26.7 Å². The van der Waals surface area contributed by atoms with Crippen molar-refractivity contribution < 1.29 is 19.0 Å². The third-order valence-electron chi connectivity index (χ3n) is 3.41. The summed E-state index contributed by atoms with van der Waals surface area (Å²) in [4.78, 5) is 14.1. The maximum Gasteiger partial charge on any atom is 0.254 e. The van der Waals surface area contributed by atoms with Gasteiger partial charge in [-0.2, -0.15) is 0 Å². The van der Waals surface area contributed by atoms with E-state index in [9.17, 15) is 9.18 Å². The quantitative estimate of drug-likeness (QED) is 0.867. The van der Waals surface area contributed by atoms with Crippen molar-refractivity contribution in [1.82, 2.24) is 10.2 Å². The molecule has 1 aliphatic heterocycles. The van der Waals surface area contributed by atoms with E-state index in [0.717, 1.165) is 19.2 Å². The molecule has 0 aliphatic carbocycles. The summed E-state index contributed by atoms with van der Waals surface area (Å²) in [6.07, 6.45) is -0.113. The molecule has 5 nitrogen and oxygen atoms in total. The monoisotopic (exact) mass is 282 g/mol. The van der Waals surface area contributed by atoms with Crippen LogP contribution >= 0.6 is 0 Å². The number of ether oxygens (including phenoxy) is 1. The zero-order valence-corrected chi connectivity index (χ0v) is 11.6. The number of carbonyl (C=O) groups is 1. The van der Waals surface area contributed by atoms with Crippen molar-refractivity contribution in [3.63, 3.8) is 0 Å². The van der Waals surface area contributed by atoms with Gasteiger partial charge in [0, 0.05) is 19.2 Å². The Kier molecular flexibility index (Phi) is 4.57. The fourth-order valence-corrected chi connectivity index (χ4v) is 2.18. The van der Waals surface area contributed by atoms with E-state index in [1.54, 1.807) is 0 Å². The summed E-state index contributed by atoms with van der Waals surface area (Å²) in [5.74, 6) is -1.45. The van der Waals surface area contributed by atoms with E-state index in [1.165, 1.54) is 12.1 Å². The normalized spacial score (nSPS) is 21.4. The van der Waals surface area contributed by atoms with Crippen molar-refractivity contribution in [3.05, 3.63) is 29.6 Å². The molecule has 2 rings (SSSR count). The number of likely N-dealkylation sites (N-methyl/N-ethyl adjacent to an activating group) is 1. The predicted molar refractivity (Wildman–Crippen MR) is 72.2 cm³/mol. The molecule has 1 aliphatic rings. The molecule has 1 amide bonds. The van der Waals surface area contributed by atoms with E-state index in [1.807, 2.05) is 14.0 Å². The summed E-state index contributed by atoms with van der Waals surface area (Å²) in [5, 5.41) is 11.9. The topological polar surface area (TPSA) is 61.8 Å². The number of hydrogen-bond acceptors (Lipinski definition) is 4. The van der Waals surface area contributed by atoms with Gasteiger partial charge in [-0.25, -0.2) is 4.39 Å². The third kappa shape index (κ3) is 3.46. The molecule has 6 heteroatoms. The van der Waals surface area contributed by atoms with Crippen LogP contribution in [0, 0.1) is 5.82 Å². The lowest BCUT2D eigenvalue weighted by atomic mass is 10.1. The molecule has 1 aromatic rings. The molecule has 0 aromatic heterocycles. The van der Waals surface area contributed by atoms with Crippen molar-refractivity contribution in [2.45, 2.75) is 19.1 Å². The molecule has 0 spiro atoms. The minimum absolute atomic E-state index is 0.0844. The second kappa shape index (κ2) is 6.19. The number of halogens is 1. The smallest absolute Gasteiger partial charge is 0.254 e. The molecule has 1 heterocycles. The highest BCUT2D eigenvalue weighted by Crippen LogP contribution is 2.15. The summed E-state index contributed by atoms with van der Waals surface area (Å²) in [5.41, 5.74) is -0.0844. The maximum atomic E-state index is 13.6. The van der Waals surface area contributed by atoms with Crippen LogP contribution in [-0.2, 0) is 4.74 Å². The molecule has 20 heavy (non-hydrogen) atoms. The van der Waals surface area contributed by atoms with E-state index in [4.69, 9.17) is 9.84 Å². The summed E-state index contributed by atoms with van der Waals surface area (Å²) in [6.45, 7) is 4.04. The molecule has 2 atom stereocenters. The van der Waals surface area contributed by atoms with Crippen LogP contribution in [0.15, 0.2) is 18.2 Å². The number of benzene rings is 1. The molecule has 2 unspecified atom stereocenters. The predicted octanol–water partition coefficient (Wildman–Crippen LogP) is 0.980. The van der Waals surface area contributed by atoms with Gasteiger partial charge in [0.05, 0.1) is 24.3 Å². The summed E-state index contributed by atoms with van der Waals surface area (Å²) in [6, 6.07) is 3.25. The molecular formula is C14H19FN2O3. The molecule has 110 valence electrons. The van der Waals surface area contributed by atoms with Crippen LogP contribution in [0.25, 0.3) is 0 Å². The number of nitrogens with one attached hydrogen (secondary N) is 1. The number of amides is 1. The first-order chi connectivity index (χ1) is 9.47. The highest BCUT2D eigenvalue weighted by Gasteiger charge is 2.25. The average molecular weight is 282 g/mol. The van der Waals surface area contributed by atoms with Crippen LogP contribution in [0.3, 0.4) is 0 Å². The zero-order chi connectivity index (χ0) is 14.7. The maximum absolute atomic E-state index is 13.6. The van der Waals surface area contributed by atoms with Crippen molar-refractivity contribution in [2.24, 2.45) is 0 Å². The number of carbonyl (C=O) groups excluding carboxylic acids is 1. The van der Waals surface area contributed by atoms with Crippen LogP contribution in [0.4, 0.5) is 4.39 Å². The van der Waals surface area contributed by atoms with E-state index >= 15 is 0 Å². The largest absolute Gasteiger partial charge is 0.508 e. The number of phenols is 1. The number of hydrogen-bond donors (Lipinski definition) is 2. The minimum Gasteiger partial charge on any atom is -0.508 e. The molecule has 0 saturated carbocycles. The average Bonchev–Trinajstić information content (AvgIpc) is 2.38. The Bertz CT molecular complexity index is 495. The number of aromatic hydroxyl groups is 1. The van der Waals surface area contributed by atoms with E-state index in [0.29, 0.717) is 6.61 Å². The van der Waals surface area contributed by atoms with Crippen molar-refractivity contribution >= 4 is 5.91 Å². The van der Waals surface area contributed by atoms with Crippen LogP contribution in [0.1, 0.15) is 17.3 Å². The van der Waals surface area contributed by atoms with Gasteiger partial charge in [0.15, 0.2) is 0 Å². The van der Waals surface area contributed by atoms with Gasteiger partial charge in [0.25, 0.3) is 5.91 Å². The first-order valence-electron chi connectivity index (χ1n) is 6.57. The molecule has 2 N–H and O–H groups in total. The molecule has 0 radical (unpaired) electrons. The van der Waals surface area contributed by atoms with Crippen molar-refractivity contribution in [1.29, 1.82) is 0 Å². The number of rotatable bonds is 3. The second-order valence-electron chi connectivity index (χ2n) is 5.10. The summed E-state index contributed by atoms with van der Waals surface area (Å²) < 4.78 is 19.2. The van der Waals surface area contributed by atoms with E-state index in [-0.39, 0.29) is 23.5 Å². The summed E-state index contributed by atoms with van der Waals surface area (Å²) >= 11 is 0. The SMILES string of the molecule is CC(NC(=O)c1ccc(O)cc1F)C1CN(C)CCO1. The van der Waals surface area contributed by atoms with Crippen LogP contribution in [0.5, 0.6) is 5.75 Å². The Morgan fingerprint density at radius 3 is 3.00 bits per heavy atom. The first kappa shape index (κ1) is 14.7. The lowest BCUT2D eigenvalue weighted by Gasteiger charge is -2.33. The van der Waals surface area contributed by atoms with Crippen molar-refractivity contribution in [3.8, 4) is 5.75 Å². The van der Waals surface area contributed by atoms with Gasteiger partial charge in [-0.3, -0.25) is 4.79 Å². The van der Waals surface area contributed by atoms with Gasteiger partial charge in [-0.1, -0.05) is 0 Å². The molecule has 0 bridgehead atoms. The third-order valence-corrected chi connectivity index (χ3v) is 3.41. The lowest BCUT2D eigenvalue weighted by molar-refractivity contribution is -0.0342. The van der Waals surface area contributed by atoms with E-state index < -0.39 is 11.7 Å². The number of morpholine rings is 1. The van der Waals surface area contributed by atoms with Gasteiger partial charge in [-0.15, -0.1) is 0 Å². The van der Waals surface area contributed by atoms with Gasteiger partial charge in [-0.05, 0) is 26.1 Å². The molecule has 1 fully saturated rings. The van der Waals surface area contributed by atoms with Gasteiger partial charge < -0.3 is 20.1 Å². The van der Waals surface area contributed by atoms with Gasteiger partial charge in [0.2, 0.25) is 0 Å². The number of phenolic OH excluding ortho intramolecular Hbond substituents is 1. The fraction of sp³-hybridized carbons (Fsp3) is 0.500. The fourth-order valence-electron chi connectivity index (χ4n) is 2.18. The molecular weight excluding hydrogens is 263 g/mol. The van der Waals surface area contributed by atoms with Gasteiger partial charge in [0.1, 0.15) is 11.6 Å². The molecule has 1 aromatic carbocycles. The lowest BCUT2D eigenvalue weighted by Crippen LogP contribution is -2.51. The Morgan fingerprint density at radius 1 is 1.60 bits per heavy atom. The Balaban J connectivity index is 1.99. The Hall–Kier alpha value is -1.66. The van der Waals surface area contributed by atoms with Crippen LogP contribution in [-0.4, -0.2) is 54.8 Å². The number of nitrogens with zero attached hydrogens (tertiary/aromatic N) is 1. The Morgan fingerprint density at radius 2 is 2.35 bits per heavy atom. The first-order valence-corrected chi connectivity index (χ1v) is 6.57. The van der Waals surface area contributed by atoms with Gasteiger partial charge >= 0.3 is 0 Å². The highest BCUT2D eigenvalue weighted by atomic mass is 19.1. The zero-order valence-electron chi connectivity index (χ0n) is 11.6. The minimum atomic E-state index is -0.739. The molecule has 1 saturated heterocycles.